The molecule has 3 aliphatic heterocycles. The van der Waals surface area contributed by atoms with E-state index in [2.05, 4.69) is 32.9 Å². The minimum Gasteiger partial charge on any atom is -0.366 e. The standard InChI is InChI=1S/C11H16O2/c1-6-9-4-5-10(12-9)7(2)11(6)8(3)13-11/h4-10H,1-3H3/t6-,7+,8?,9+,10?,11?/m1/s1. The van der Waals surface area contributed by atoms with Crippen molar-refractivity contribution in [1.82, 2.24) is 0 Å². The topological polar surface area (TPSA) is 21.8 Å². The van der Waals surface area contributed by atoms with Crippen molar-refractivity contribution in [3.63, 3.8) is 0 Å². The molecule has 3 unspecified atom stereocenters. The van der Waals surface area contributed by atoms with Crippen LogP contribution in [0, 0.1) is 11.8 Å². The van der Waals surface area contributed by atoms with Crippen molar-refractivity contribution >= 4 is 0 Å². The van der Waals surface area contributed by atoms with E-state index in [1.807, 2.05) is 0 Å². The van der Waals surface area contributed by atoms with E-state index in [0.29, 0.717) is 30.1 Å². The second-order valence-electron chi connectivity index (χ2n) is 4.64. The fourth-order valence-corrected chi connectivity index (χ4v) is 3.22. The van der Waals surface area contributed by atoms with Gasteiger partial charge in [0.05, 0.1) is 18.3 Å². The maximum Gasteiger partial charge on any atom is 0.105 e. The lowest BCUT2D eigenvalue weighted by molar-refractivity contribution is -0.0912. The predicted molar refractivity (Wildman–Crippen MR) is 49.4 cm³/mol. The molecule has 3 heterocycles. The Morgan fingerprint density at radius 1 is 1.00 bits per heavy atom. The van der Waals surface area contributed by atoms with Crippen LogP contribution in [0.25, 0.3) is 0 Å². The number of epoxide rings is 1. The number of hydrogen-bond donors (Lipinski definition) is 0. The Morgan fingerprint density at radius 3 is 1.85 bits per heavy atom. The Hall–Kier alpha value is -0.340. The fourth-order valence-electron chi connectivity index (χ4n) is 3.22. The van der Waals surface area contributed by atoms with Crippen LogP contribution in [0.2, 0.25) is 0 Å². The first kappa shape index (κ1) is 8.01. The van der Waals surface area contributed by atoms with Crippen LogP contribution in [0.4, 0.5) is 0 Å². The molecule has 2 heteroatoms. The lowest BCUT2D eigenvalue weighted by Gasteiger charge is -2.38. The molecule has 0 aromatic heterocycles. The van der Waals surface area contributed by atoms with Crippen LogP contribution in [-0.4, -0.2) is 23.9 Å². The maximum atomic E-state index is 5.85. The summed E-state index contributed by atoms with van der Waals surface area (Å²) in [6.07, 6.45) is 5.42. The lowest BCUT2D eigenvalue weighted by Crippen LogP contribution is -2.48. The molecular formula is C11H16O2. The first-order valence-corrected chi connectivity index (χ1v) is 5.18. The van der Waals surface area contributed by atoms with Crippen molar-refractivity contribution in [1.29, 1.82) is 0 Å². The Kier molecular flexibility index (Phi) is 1.34. The lowest BCUT2D eigenvalue weighted by atomic mass is 9.75. The quantitative estimate of drug-likeness (QED) is 0.418. The third kappa shape index (κ3) is 0.767. The Morgan fingerprint density at radius 2 is 1.46 bits per heavy atom. The molecule has 0 radical (unpaired) electrons. The van der Waals surface area contributed by atoms with Crippen LogP contribution < -0.4 is 0 Å². The molecule has 3 rings (SSSR count). The van der Waals surface area contributed by atoms with Gasteiger partial charge >= 0.3 is 0 Å². The van der Waals surface area contributed by atoms with Gasteiger partial charge in [0.15, 0.2) is 0 Å². The highest BCUT2D eigenvalue weighted by atomic mass is 16.6. The first-order valence-electron chi connectivity index (χ1n) is 5.18. The molecule has 0 aromatic rings. The molecule has 6 atom stereocenters. The van der Waals surface area contributed by atoms with Gasteiger partial charge in [0.2, 0.25) is 0 Å². The van der Waals surface area contributed by atoms with Gasteiger partial charge < -0.3 is 9.47 Å². The molecule has 0 aliphatic carbocycles. The summed E-state index contributed by atoms with van der Waals surface area (Å²) in [4.78, 5) is 0. The summed E-state index contributed by atoms with van der Waals surface area (Å²) in [5.41, 5.74) is 0.122. The van der Waals surface area contributed by atoms with E-state index in [1.165, 1.54) is 0 Å². The fraction of sp³-hybridized carbons (Fsp3) is 0.818. The van der Waals surface area contributed by atoms with Gasteiger partial charge in [0.1, 0.15) is 5.60 Å². The average molecular weight is 180 g/mol. The largest absolute Gasteiger partial charge is 0.366 e. The second-order valence-corrected chi connectivity index (χ2v) is 4.64. The van der Waals surface area contributed by atoms with Crippen molar-refractivity contribution in [2.75, 3.05) is 0 Å². The molecule has 2 fully saturated rings. The monoisotopic (exact) mass is 180 g/mol. The minimum atomic E-state index is 0.122. The second kappa shape index (κ2) is 2.18. The van der Waals surface area contributed by atoms with Gasteiger partial charge in [0, 0.05) is 11.8 Å². The van der Waals surface area contributed by atoms with Gasteiger partial charge in [-0.2, -0.15) is 0 Å². The molecule has 3 aliphatic rings. The molecular weight excluding hydrogens is 164 g/mol. The zero-order valence-electron chi connectivity index (χ0n) is 8.36. The van der Waals surface area contributed by atoms with E-state index in [4.69, 9.17) is 9.47 Å². The van der Waals surface area contributed by atoms with Crippen LogP contribution in [0.15, 0.2) is 12.2 Å². The van der Waals surface area contributed by atoms with Crippen molar-refractivity contribution in [3.8, 4) is 0 Å². The van der Waals surface area contributed by atoms with Crippen LogP contribution in [0.1, 0.15) is 20.8 Å². The maximum absolute atomic E-state index is 5.85. The number of fused-ring (bicyclic) bond motifs is 2. The van der Waals surface area contributed by atoms with Crippen molar-refractivity contribution in [2.24, 2.45) is 11.8 Å². The number of rotatable bonds is 0. The molecule has 2 bridgehead atoms. The van der Waals surface area contributed by atoms with Gasteiger partial charge in [-0.1, -0.05) is 26.0 Å². The van der Waals surface area contributed by atoms with Crippen molar-refractivity contribution < 1.29 is 9.47 Å². The summed E-state index contributed by atoms with van der Waals surface area (Å²) >= 11 is 0. The van der Waals surface area contributed by atoms with Crippen LogP contribution in [-0.2, 0) is 9.47 Å². The summed E-state index contributed by atoms with van der Waals surface area (Å²) in [6, 6.07) is 0. The molecule has 72 valence electrons. The highest BCUT2D eigenvalue weighted by Gasteiger charge is 2.67. The van der Waals surface area contributed by atoms with Gasteiger partial charge in [-0.15, -0.1) is 0 Å². The van der Waals surface area contributed by atoms with Crippen molar-refractivity contribution in [2.45, 2.75) is 44.7 Å². The third-order valence-corrected chi connectivity index (χ3v) is 4.17. The van der Waals surface area contributed by atoms with Gasteiger partial charge in [0.25, 0.3) is 0 Å². The van der Waals surface area contributed by atoms with Crippen LogP contribution >= 0.6 is 0 Å². The van der Waals surface area contributed by atoms with E-state index in [9.17, 15) is 0 Å². The zero-order chi connectivity index (χ0) is 9.22. The first-order chi connectivity index (χ1) is 6.16. The van der Waals surface area contributed by atoms with E-state index < -0.39 is 0 Å². The predicted octanol–water partition coefficient (Wildman–Crippen LogP) is 1.75. The molecule has 2 nitrogen and oxygen atoms in total. The summed E-state index contributed by atoms with van der Waals surface area (Å²) in [5, 5.41) is 0. The van der Waals surface area contributed by atoms with Crippen LogP contribution in [0.5, 0.6) is 0 Å². The minimum absolute atomic E-state index is 0.122. The Bertz CT molecular complexity index is 253. The highest BCUT2D eigenvalue weighted by molar-refractivity contribution is 5.22. The molecule has 0 saturated carbocycles. The normalized spacial score (nSPS) is 63.2. The van der Waals surface area contributed by atoms with E-state index in [0.717, 1.165) is 0 Å². The molecule has 2 saturated heterocycles. The summed E-state index contributed by atoms with van der Waals surface area (Å²) in [5.74, 6) is 1.01. The highest BCUT2D eigenvalue weighted by Crippen LogP contribution is 2.56. The SMILES string of the molecule is CC1OC12[C@H](C)[C@@H]1C=CC(O1)[C@@H]2C. The van der Waals surface area contributed by atoms with Crippen LogP contribution in [0.3, 0.4) is 0 Å². The Labute approximate surface area is 78.9 Å². The van der Waals surface area contributed by atoms with E-state index in [1.54, 1.807) is 0 Å². The zero-order valence-corrected chi connectivity index (χ0v) is 8.36. The van der Waals surface area contributed by atoms with Gasteiger partial charge in [-0.3, -0.25) is 0 Å². The molecule has 0 aromatic carbocycles. The Balaban J connectivity index is 1.98. The van der Waals surface area contributed by atoms with E-state index in [-0.39, 0.29) is 5.60 Å². The van der Waals surface area contributed by atoms with Crippen molar-refractivity contribution in [3.05, 3.63) is 12.2 Å². The van der Waals surface area contributed by atoms with Gasteiger partial charge in [-0.25, -0.2) is 0 Å². The average Bonchev–Trinajstić information content (AvgIpc) is 2.64. The third-order valence-electron chi connectivity index (χ3n) is 4.17. The summed E-state index contributed by atoms with van der Waals surface area (Å²) < 4.78 is 11.7. The van der Waals surface area contributed by atoms with Gasteiger partial charge in [-0.05, 0) is 6.92 Å². The summed E-state index contributed by atoms with van der Waals surface area (Å²) in [6.45, 7) is 6.67. The summed E-state index contributed by atoms with van der Waals surface area (Å²) in [7, 11) is 0. The number of hydrogen-bond acceptors (Lipinski definition) is 2. The molecule has 1 spiro atoms. The van der Waals surface area contributed by atoms with E-state index >= 15 is 0 Å². The molecule has 0 N–H and O–H groups in total. The smallest absolute Gasteiger partial charge is 0.105 e. The molecule has 0 amide bonds. The number of ether oxygens (including phenoxy) is 2. The molecule has 13 heavy (non-hydrogen) atoms.